The number of benzene rings is 1. The molecular weight excluding hydrogens is 297 g/mol. The topological polar surface area (TPSA) is 66.4 Å². The maximum atomic E-state index is 13.8. The first-order chi connectivity index (χ1) is 10.0. The van der Waals surface area contributed by atoms with Crippen molar-refractivity contribution in [2.45, 2.75) is 38.1 Å². The number of hydrogen-bond acceptors (Lipinski definition) is 2. The van der Waals surface area contributed by atoms with Gasteiger partial charge in [-0.1, -0.05) is 36.9 Å². The Morgan fingerprint density at radius 2 is 1.95 bits per heavy atom. The fourth-order valence-corrected chi connectivity index (χ4v) is 2.88. The summed E-state index contributed by atoms with van der Waals surface area (Å²) in [5.74, 6) is -2.95. The highest BCUT2D eigenvalue weighted by Crippen LogP contribution is 2.25. The smallest absolute Gasteiger partial charge is 0.308 e. The maximum Gasteiger partial charge on any atom is 0.308 e. The number of carbonyl (C=O) groups excluding carboxylic acids is 1. The van der Waals surface area contributed by atoms with Crippen molar-refractivity contribution in [1.29, 1.82) is 0 Å². The Morgan fingerprint density at radius 1 is 1.24 bits per heavy atom. The highest BCUT2D eigenvalue weighted by atomic mass is 35.5. The molecule has 1 aliphatic rings. The summed E-state index contributed by atoms with van der Waals surface area (Å²) in [4.78, 5) is 23.5. The Labute approximate surface area is 127 Å². The van der Waals surface area contributed by atoms with Gasteiger partial charge in [-0.3, -0.25) is 9.59 Å². The first-order valence-corrected chi connectivity index (χ1v) is 7.36. The fourth-order valence-electron chi connectivity index (χ4n) is 2.70. The number of carboxylic acid groups (broad SMARTS) is 1. The summed E-state index contributed by atoms with van der Waals surface area (Å²) in [5.41, 5.74) is -0.157. The largest absolute Gasteiger partial charge is 0.481 e. The molecule has 0 aromatic heterocycles. The van der Waals surface area contributed by atoms with E-state index in [0.29, 0.717) is 12.8 Å². The van der Waals surface area contributed by atoms with Crippen LogP contribution in [-0.2, 0) is 4.79 Å². The molecule has 2 rings (SSSR count). The molecule has 1 aromatic rings. The molecule has 0 heterocycles. The van der Waals surface area contributed by atoms with Crippen molar-refractivity contribution in [1.82, 2.24) is 5.32 Å². The van der Waals surface area contributed by atoms with Crippen LogP contribution in [0.3, 0.4) is 0 Å². The molecule has 1 aromatic carbocycles. The molecule has 0 spiro atoms. The first kappa shape index (κ1) is 15.8. The zero-order valence-corrected chi connectivity index (χ0v) is 12.2. The molecule has 0 aliphatic heterocycles. The van der Waals surface area contributed by atoms with Crippen LogP contribution in [0.5, 0.6) is 0 Å². The quantitative estimate of drug-likeness (QED) is 0.842. The van der Waals surface area contributed by atoms with E-state index in [0.717, 1.165) is 19.3 Å². The molecule has 1 saturated carbocycles. The third-order valence-corrected chi connectivity index (χ3v) is 4.14. The minimum Gasteiger partial charge on any atom is -0.481 e. The molecule has 1 aliphatic carbocycles. The number of halogens is 2. The lowest BCUT2D eigenvalue weighted by atomic mass is 9.94. The molecule has 114 valence electrons. The molecule has 0 saturated heterocycles. The third kappa shape index (κ3) is 3.73. The van der Waals surface area contributed by atoms with Gasteiger partial charge in [0.05, 0.1) is 16.5 Å². The Hall–Kier alpha value is -1.62. The van der Waals surface area contributed by atoms with Crippen LogP contribution in [0.15, 0.2) is 18.2 Å². The van der Waals surface area contributed by atoms with Crippen molar-refractivity contribution >= 4 is 23.5 Å². The van der Waals surface area contributed by atoms with E-state index < -0.39 is 29.7 Å². The second-order valence-corrected chi connectivity index (χ2v) is 5.67. The molecule has 6 heteroatoms. The molecule has 2 N–H and O–H groups in total. The van der Waals surface area contributed by atoms with E-state index in [-0.39, 0.29) is 10.6 Å². The standard InChI is InChI=1S/C15H17ClFNO3/c16-11-7-4-6-10(13(11)17)14(19)18-12-8-3-1-2-5-9(12)15(20)21/h4,6-7,9,12H,1-3,5,8H2,(H,18,19)(H,20,21). The Bertz CT molecular complexity index is 550. The first-order valence-electron chi connectivity index (χ1n) is 6.98. The fraction of sp³-hybridized carbons (Fsp3) is 0.467. The van der Waals surface area contributed by atoms with Crippen LogP contribution in [-0.4, -0.2) is 23.0 Å². The van der Waals surface area contributed by atoms with Crippen molar-refractivity contribution in [3.63, 3.8) is 0 Å². The number of rotatable bonds is 3. The number of carboxylic acids is 1. The highest BCUT2D eigenvalue weighted by molar-refractivity contribution is 6.31. The lowest BCUT2D eigenvalue weighted by molar-refractivity contribution is -0.142. The van der Waals surface area contributed by atoms with E-state index in [1.54, 1.807) is 0 Å². The second kappa shape index (κ2) is 6.89. The van der Waals surface area contributed by atoms with E-state index >= 15 is 0 Å². The van der Waals surface area contributed by atoms with Gasteiger partial charge < -0.3 is 10.4 Å². The van der Waals surface area contributed by atoms with E-state index in [1.165, 1.54) is 18.2 Å². The lowest BCUT2D eigenvalue weighted by Gasteiger charge is -2.23. The minimum absolute atomic E-state index is 0.127. The minimum atomic E-state index is -0.922. The molecule has 2 unspecified atom stereocenters. The summed E-state index contributed by atoms with van der Waals surface area (Å²) in [6.45, 7) is 0. The lowest BCUT2D eigenvalue weighted by Crippen LogP contribution is -2.43. The monoisotopic (exact) mass is 313 g/mol. The van der Waals surface area contributed by atoms with E-state index in [9.17, 15) is 19.1 Å². The van der Waals surface area contributed by atoms with Crippen molar-refractivity contribution in [3.8, 4) is 0 Å². The van der Waals surface area contributed by atoms with Crippen LogP contribution in [0.4, 0.5) is 4.39 Å². The van der Waals surface area contributed by atoms with Crippen LogP contribution in [0, 0.1) is 11.7 Å². The zero-order chi connectivity index (χ0) is 15.4. The maximum absolute atomic E-state index is 13.8. The molecular formula is C15H17ClFNO3. The summed E-state index contributed by atoms with van der Waals surface area (Å²) in [6.07, 6.45) is 3.74. The van der Waals surface area contributed by atoms with Gasteiger partial charge in [0.1, 0.15) is 0 Å². The van der Waals surface area contributed by atoms with E-state index in [2.05, 4.69) is 5.32 Å². The summed E-state index contributed by atoms with van der Waals surface area (Å²) in [7, 11) is 0. The Morgan fingerprint density at radius 3 is 2.67 bits per heavy atom. The molecule has 0 radical (unpaired) electrons. The van der Waals surface area contributed by atoms with Crippen LogP contribution in [0.1, 0.15) is 42.5 Å². The third-order valence-electron chi connectivity index (χ3n) is 3.85. The van der Waals surface area contributed by atoms with Crippen molar-refractivity contribution in [3.05, 3.63) is 34.6 Å². The van der Waals surface area contributed by atoms with Gasteiger partial charge in [0.2, 0.25) is 0 Å². The molecule has 2 atom stereocenters. The average molecular weight is 314 g/mol. The number of aliphatic carboxylic acids is 1. The van der Waals surface area contributed by atoms with Crippen molar-refractivity contribution < 1.29 is 19.1 Å². The summed E-state index contributed by atoms with van der Waals surface area (Å²) in [5, 5.41) is 11.8. The predicted molar refractivity (Wildman–Crippen MR) is 76.9 cm³/mol. The number of hydrogen-bond donors (Lipinski definition) is 2. The van der Waals surface area contributed by atoms with Gasteiger partial charge in [0, 0.05) is 6.04 Å². The summed E-state index contributed by atoms with van der Waals surface area (Å²) in [6, 6.07) is 3.71. The Kier molecular flexibility index (Phi) is 5.17. The Balaban J connectivity index is 2.16. The number of amides is 1. The van der Waals surface area contributed by atoms with Gasteiger partial charge in [0.25, 0.3) is 5.91 Å². The normalized spacial score (nSPS) is 22.4. The van der Waals surface area contributed by atoms with Gasteiger partial charge >= 0.3 is 5.97 Å². The summed E-state index contributed by atoms with van der Waals surface area (Å²) < 4.78 is 13.8. The average Bonchev–Trinajstić information content (AvgIpc) is 2.67. The second-order valence-electron chi connectivity index (χ2n) is 5.26. The predicted octanol–water partition coefficient (Wildman–Crippen LogP) is 3.24. The van der Waals surface area contributed by atoms with Gasteiger partial charge in [-0.05, 0) is 25.0 Å². The van der Waals surface area contributed by atoms with Crippen LogP contribution in [0.2, 0.25) is 5.02 Å². The van der Waals surface area contributed by atoms with Gasteiger partial charge in [-0.2, -0.15) is 0 Å². The van der Waals surface area contributed by atoms with E-state index in [4.69, 9.17) is 11.6 Å². The van der Waals surface area contributed by atoms with Crippen molar-refractivity contribution in [2.24, 2.45) is 5.92 Å². The SMILES string of the molecule is O=C(NC1CCCCCC1C(=O)O)c1cccc(Cl)c1F. The summed E-state index contributed by atoms with van der Waals surface area (Å²) >= 11 is 5.66. The van der Waals surface area contributed by atoms with Crippen LogP contribution in [0.25, 0.3) is 0 Å². The van der Waals surface area contributed by atoms with Crippen LogP contribution < -0.4 is 5.32 Å². The number of carbonyl (C=O) groups is 2. The molecule has 0 bridgehead atoms. The van der Waals surface area contributed by atoms with Crippen molar-refractivity contribution in [2.75, 3.05) is 0 Å². The van der Waals surface area contributed by atoms with Crippen LogP contribution >= 0.6 is 11.6 Å². The molecule has 1 amide bonds. The molecule has 4 nitrogen and oxygen atoms in total. The molecule has 21 heavy (non-hydrogen) atoms. The highest BCUT2D eigenvalue weighted by Gasteiger charge is 2.31. The number of nitrogens with one attached hydrogen (secondary N) is 1. The van der Waals surface area contributed by atoms with E-state index in [1.807, 2.05) is 0 Å². The zero-order valence-electron chi connectivity index (χ0n) is 11.4. The molecule has 1 fully saturated rings. The van der Waals surface area contributed by atoms with Gasteiger partial charge in [-0.25, -0.2) is 4.39 Å². The van der Waals surface area contributed by atoms with Gasteiger partial charge in [0.15, 0.2) is 5.82 Å². The van der Waals surface area contributed by atoms with Gasteiger partial charge in [-0.15, -0.1) is 0 Å².